The van der Waals surface area contributed by atoms with Gasteiger partial charge in [0.05, 0.1) is 17.4 Å². The summed E-state index contributed by atoms with van der Waals surface area (Å²) in [6, 6.07) is 4.14. The summed E-state index contributed by atoms with van der Waals surface area (Å²) >= 11 is 0. The fourth-order valence-corrected chi connectivity index (χ4v) is 2.01. The zero-order chi connectivity index (χ0) is 14.7. The second-order valence-corrected chi connectivity index (χ2v) is 5.13. The molecule has 1 heterocycles. The van der Waals surface area contributed by atoms with E-state index >= 15 is 0 Å². The monoisotopic (exact) mass is 275 g/mol. The maximum Gasteiger partial charge on any atom is 0.326 e. The third kappa shape index (κ3) is 3.14. The van der Waals surface area contributed by atoms with Gasteiger partial charge in [-0.15, -0.1) is 0 Å². The molecule has 2 aromatic rings. The molecule has 106 valence electrons. The van der Waals surface area contributed by atoms with E-state index in [0.29, 0.717) is 12.0 Å². The zero-order valence-corrected chi connectivity index (χ0v) is 11.4. The Morgan fingerprint density at radius 1 is 1.40 bits per heavy atom. The number of carboxylic acids is 1. The number of hydrogen-bond donors (Lipinski definition) is 3. The molecular weight excluding hydrogens is 258 g/mol. The van der Waals surface area contributed by atoms with Crippen LogP contribution in [0.4, 0.5) is 0 Å². The number of aromatic nitrogens is 2. The maximum atomic E-state index is 12.1. The second-order valence-electron chi connectivity index (χ2n) is 5.13. The Morgan fingerprint density at radius 3 is 2.80 bits per heavy atom. The third-order valence-corrected chi connectivity index (χ3v) is 2.99. The van der Waals surface area contributed by atoms with Crippen molar-refractivity contribution in [2.75, 3.05) is 0 Å². The van der Waals surface area contributed by atoms with Crippen LogP contribution in [0.5, 0.6) is 0 Å². The van der Waals surface area contributed by atoms with Crippen molar-refractivity contribution in [2.45, 2.75) is 26.3 Å². The van der Waals surface area contributed by atoms with Gasteiger partial charge in [0.1, 0.15) is 6.04 Å². The van der Waals surface area contributed by atoms with Crippen LogP contribution in [0.25, 0.3) is 11.0 Å². The molecule has 20 heavy (non-hydrogen) atoms. The summed E-state index contributed by atoms with van der Waals surface area (Å²) in [5.41, 5.74) is 1.92. The van der Waals surface area contributed by atoms with Crippen LogP contribution >= 0.6 is 0 Å². The molecule has 0 radical (unpaired) electrons. The number of rotatable bonds is 5. The first-order valence-corrected chi connectivity index (χ1v) is 6.44. The van der Waals surface area contributed by atoms with Crippen molar-refractivity contribution in [2.24, 2.45) is 5.92 Å². The number of benzene rings is 1. The van der Waals surface area contributed by atoms with Crippen LogP contribution in [-0.4, -0.2) is 33.0 Å². The number of aliphatic carboxylic acids is 1. The average Bonchev–Trinajstić information content (AvgIpc) is 2.84. The van der Waals surface area contributed by atoms with Gasteiger partial charge < -0.3 is 15.4 Å². The van der Waals surface area contributed by atoms with Crippen LogP contribution in [-0.2, 0) is 4.79 Å². The number of fused-ring (bicyclic) bond motifs is 1. The summed E-state index contributed by atoms with van der Waals surface area (Å²) in [4.78, 5) is 30.2. The summed E-state index contributed by atoms with van der Waals surface area (Å²) in [7, 11) is 0. The first-order valence-electron chi connectivity index (χ1n) is 6.44. The van der Waals surface area contributed by atoms with Crippen molar-refractivity contribution in [3.63, 3.8) is 0 Å². The Bertz CT molecular complexity index is 633. The van der Waals surface area contributed by atoms with E-state index in [1.807, 2.05) is 13.8 Å². The highest BCUT2D eigenvalue weighted by Crippen LogP contribution is 2.12. The number of aromatic amines is 1. The number of carbonyl (C=O) groups is 2. The molecule has 6 heteroatoms. The maximum absolute atomic E-state index is 12.1. The number of nitrogens with zero attached hydrogens (tertiary/aromatic N) is 1. The van der Waals surface area contributed by atoms with Crippen molar-refractivity contribution in [1.29, 1.82) is 0 Å². The summed E-state index contributed by atoms with van der Waals surface area (Å²) in [5.74, 6) is -1.23. The fraction of sp³-hybridized carbons (Fsp3) is 0.357. The molecule has 1 aromatic carbocycles. The predicted molar refractivity (Wildman–Crippen MR) is 74.4 cm³/mol. The van der Waals surface area contributed by atoms with Crippen LogP contribution in [0.1, 0.15) is 30.6 Å². The largest absolute Gasteiger partial charge is 0.480 e. The summed E-state index contributed by atoms with van der Waals surface area (Å²) in [6.45, 7) is 3.83. The summed E-state index contributed by atoms with van der Waals surface area (Å²) in [6.07, 6.45) is 1.94. The molecule has 0 aliphatic rings. The lowest BCUT2D eigenvalue weighted by Crippen LogP contribution is -2.41. The Morgan fingerprint density at radius 2 is 2.15 bits per heavy atom. The molecule has 0 aliphatic heterocycles. The van der Waals surface area contributed by atoms with Crippen molar-refractivity contribution in [1.82, 2.24) is 15.3 Å². The minimum atomic E-state index is -1.02. The standard InChI is InChI=1S/C14H17N3O3/c1-8(2)5-12(14(19)20)17-13(18)9-3-4-10-11(6-9)16-7-15-10/h3-4,6-8,12H,5H2,1-2H3,(H,15,16)(H,17,18)(H,19,20)/t12-/m1/s1. The number of carboxylic acid groups (broad SMARTS) is 1. The van der Waals surface area contributed by atoms with Gasteiger partial charge in [-0.3, -0.25) is 4.79 Å². The molecule has 0 spiro atoms. The molecule has 1 aromatic heterocycles. The first kappa shape index (κ1) is 14.0. The Kier molecular flexibility index (Phi) is 4.02. The number of hydrogen-bond acceptors (Lipinski definition) is 3. The molecule has 0 bridgehead atoms. The summed E-state index contributed by atoms with van der Waals surface area (Å²) in [5, 5.41) is 11.7. The van der Waals surface area contributed by atoms with E-state index in [9.17, 15) is 9.59 Å². The highest BCUT2D eigenvalue weighted by Gasteiger charge is 2.21. The minimum Gasteiger partial charge on any atom is -0.480 e. The van der Waals surface area contributed by atoms with Gasteiger partial charge in [0, 0.05) is 5.56 Å². The number of H-pyrrole nitrogens is 1. The SMILES string of the molecule is CC(C)C[C@@H](NC(=O)c1ccc2nc[nH]c2c1)C(=O)O. The van der Waals surface area contributed by atoms with Crippen molar-refractivity contribution < 1.29 is 14.7 Å². The quantitative estimate of drug-likeness (QED) is 0.775. The van der Waals surface area contributed by atoms with E-state index in [1.165, 1.54) is 0 Å². The van der Waals surface area contributed by atoms with Gasteiger partial charge in [-0.25, -0.2) is 9.78 Å². The normalized spacial score (nSPS) is 12.6. The van der Waals surface area contributed by atoms with Crippen LogP contribution in [0, 0.1) is 5.92 Å². The van der Waals surface area contributed by atoms with E-state index < -0.39 is 17.9 Å². The zero-order valence-electron chi connectivity index (χ0n) is 11.4. The van der Waals surface area contributed by atoms with Gasteiger partial charge in [-0.2, -0.15) is 0 Å². The smallest absolute Gasteiger partial charge is 0.326 e. The van der Waals surface area contributed by atoms with E-state index in [1.54, 1.807) is 24.5 Å². The highest BCUT2D eigenvalue weighted by atomic mass is 16.4. The van der Waals surface area contributed by atoms with Crippen molar-refractivity contribution >= 4 is 22.9 Å². The number of nitrogens with one attached hydrogen (secondary N) is 2. The fourth-order valence-electron chi connectivity index (χ4n) is 2.01. The molecular formula is C14H17N3O3. The Hall–Kier alpha value is -2.37. The number of amides is 1. The first-order chi connectivity index (χ1) is 9.47. The third-order valence-electron chi connectivity index (χ3n) is 2.99. The van der Waals surface area contributed by atoms with E-state index in [2.05, 4.69) is 15.3 Å². The number of imidazole rings is 1. The van der Waals surface area contributed by atoms with Crippen LogP contribution in [0.3, 0.4) is 0 Å². The molecule has 2 rings (SSSR count). The van der Waals surface area contributed by atoms with Crippen molar-refractivity contribution in [3.05, 3.63) is 30.1 Å². The van der Waals surface area contributed by atoms with Crippen LogP contribution < -0.4 is 5.32 Å². The minimum absolute atomic E-state index is 0.187. The van der Waals surface area contributed by atoms with Gasteiger partial charge in [-0.05, 0) is 30.5 Å². The van der Waals surface area contributed by atoms with Crippen LogP contribution in [0.15, 0.2) is 24.5 Å². The average molecular weight is 275 g/mol. The van der Waals surface area contributed by atoms with E-state index in [4.69, 9.17) is 5.11 Å². The van der Waals surface area contributed by atoms with Crippen LogP contribution in [0.2, 0.25) is 0 Å². The lowest BCUT2D eigenvalue weighted by Gasteiger charge is -2.16. The van der Waals surface area contributed by atoms with Gasteiger partial charge in [0.15, 0.2) is 0 Å². The predicted octanol–water partition coefficient (Wildman–Crippen LogP) is 1.79. The molecule has 0 unspecified atom stereocenters. The van der Waals surface area contributed by atoms with Gasteiger partial charge >= 0.3 is 5.97 Å². The molecule has 6 nitrogen and oxygen atoms in total. The van der Waals surface area contributed by atoms with E-state index in [0.717, 1.165) is 11.0 Å². The van der Waals surface area contributed by atoms with E-state index in [-0.39, 0.29) is 5.92 Å². The van der Waals surface area contributed by atoms with Gasteiger partial charge in [-0.1, -0.05) is 13.8 Å². The molecule has 0 saturated heterocycles. The molecule has 1 amide bonds. The van der Waals surface area contributed by atoms with Crippen molar-refractivity contribution in [3.8, 4) is 0 Å². The topological polar surface area (TPSA) is 95.1 Å². The van der Waals surface area contributed by atoms with Gasteiger partial charge in [0.25, 0.3) is 5.91 Å². The van der Waals surface area contributed by atoms with Gasteiger partial charge in [0.2, 0.25) is 0 Å². The molecule has 0 aliphatic carbocycles. The number of carbonyl (C=O) groups excluding carboxylic acids is 1. The lowest BCUT2D eigenvalue weighted by atomic mass is 10.0. The molecule has 0 fully saturated rings. The highest BCUT2D eigenvalue weighted by molar-refractivity contribution is 5.99. The summed E-state index contributed by atoms with van der Waals surface area (Å²) < 4.78 is 0. The molecule has 0 saturated carbocycles. The molecule has 1 atom stereocenters. The lowest BCUT2D eigenvalue weighted by molar-refractivity contribution is -0.139. The Balaban J connectivity index is 2.15. The second kappa shape index (κ2) is 5.73. The Labute approximate surface area is 116 Å². The molecule has 3 N–H and O–H groups in total.